The second kappa shape index (κ2) is 9.76. The number of nitrogens with one attached hydrogen (secondary N) is 1. The summed E-state index contributed by atoms with van der Waals surface area (Å²) in [6.07, 6.45) is 0. The van der Waals surface area contributed by atoms with Crippen LogP contribution in [0.25, 0.3) is 10.9 Å². The Morgan fingerprint density at radius 3 is 2.50 bits per heavy atom. The van der Waals surface area contributed by atoms with Crippen molar-refractivity contribution < 1.29 is 9.53 Å². The van der Waals surface area contributed by atoms with Crippen molar-refractivity contribution in [2.45, 2.75) is 26.8 Å². The first-order valence-corrected chi connectivity index (χ1v) is 11.4. The van der Waals surface area contributed by atoms with Crippen molar-refractivity contribution in [3.8, 4) is 5.75 Å². The van der Waals surface area contributed by atoms with Crippen LogP contribution in [0.4, 0.5) is 11.5 Å². The first-order valence-electron chi connectivity index (χ1n) is 11.0. The van der Waals surface area contributed by atoms with Gasteiger partial charge in [-0.05, 0) is 74.9 Å². The Hall–Kier alpha value is -2.83. The minimum atomic E-state index is -0.218. The van der Waals surface area contributed by atoms with Gasteiger partial charge in [0.05, 0.1) is 5.52 Å². The van der Waals surface area contributed by atoms with Crippen molar-refractivity contribution in [3.63, 3.8) is 0 Å². The highest BCUT2D eigenvalue weighted by Gasteiger charge is 2.20. The smallest absolute Gasteiger partial charge is 0.262 e. The van der Waals surface area contributed by atoms with Crippen molar-refractivity contribution >= 4 is 39.9 Å². The Morgan fingerprint density at radius 1 is 1.09 bits per heavy atom. The fourth-order valence-corrected chi connectivity index (χ4v) is 4.09. The van der Waals surface area contributed by atoms with Gasteiger partial charge in [0, 0.05) is 48.3 Å². The Bertz CT molecular complexity index is 1090. The molecule has 1 aliphatic heterocycles. The highest BCUT2D eigenvalue weighted by atomic mass is 35.5. The van der Waals surface area contributed by atoms with Gasteiger partial charge in [0.2, 0.25) is 0 Å². The molecule has 3 aromatic rings. The largest absolute Gasteiger partial charge is 0.484 e. The van der Waals surface area contributed by atoms with Crippen LogP contribution in [0.1, 0.15) is 19.4 Å². The highest BCUT2D eigenvalue weighted by Crippen LogP contribution is 2.26. The van der Waals surface area contributed by atoms with Crippen LogP contribution in [-0.4, -0.2) is 54.6 Å². The summed E-state index contributed by atoms with van der Waals surface area (Å²) in [7, 11) is 0. The van der Waals surface area contributed by atoms with Gasteiger partial charge in [-0.2, -0.15) is 0 Å². The molecule has 0 radical (unpaired) electrons. The third-order valence-corrected chi connectivity index (χ3v) is 6.09. The van der Waals surface area contributed by atoms with Gasteiger partial charge in [0.15, 0.2) is 6.61 Å². The van der Waals surface area contributed by atoms with Crippen LogP contribution in [0.5, 0.6) is 5.75 Å². The number of hydrogen-bond donors (Lipinski definition) is 1. The zero-order chi connectivity index (χ0) is 22.7. The van der Waals surface area contributed by atoms with Gasteiger partial charge < -0.3 is 15.0 Å². The Balaban J connectivity index is 1.41. The van der Waals surface area contributed by atoms with Gasteiger partial charge in [0.1, 0.15) is 11.6 Å². The van der Waals surface area contributed by atoms with Crippen LogP contribution in [0.15, 0.2) is 48.5 Å². The summed E-state index contributed by atoms with van der Waals surface area (Å²) in [5.41, 5.74) is 2.80. The topological polar surface area (TPSA) is 57.7 Å². The van der Waals surface area contributed by atoms with Crippen molar-refractivity contribution in [2.24, 2.45) is 0 Å². The monoisotopic (exact) mass is 452 g/mol. The molecule has 0 unspecified atom stereocenters. The zero-order valence-electron chi connectivity index (χ0n) is 18.8. The number of ether oxygens (including phenoxy) is 1. The van der Waals surface area contributed by atoms with Crippen LogP contribution < -0.4 is 15.0 Å². The van der Waals surface area contributed by atoms with E-state index in [2.05, 4.69) is 42.0 Å². The molecule has 1 aromatic heterocycles. The summed E-state index contributed by atoms with van der Waals surface area (Å²) in [6, 6.07) is 15.5. The predicted octanol–water partition coefficient (Wildman–Crippen LogP) is 4.74. The van der Waals surface area contributed by atoms with E-state index in [4.69, 9.17) is 21.3 Å². The molecular weight excluding hydrogens is 424 g/mol. The van der Waals surface area contributed by atoms with E-state index >= 15 is 0 Å². The minimum Gasteiger partial charge on any atom is -0.484 e. The molecule has 2 heterocycles. The molecule has 4 rings (SSSR count). The van der Waals surface area contributed by atoms with E-state index < -0.39 is 0 Å². The quantitative estimate of drug-likeness (QED) is 0.585. The summed E-state index contributed by atoms with van der Waals surface area (Å²) in [5.74, 6) is 1.40. The number of rotatable bonds is 6. The number of piperazine rings is 1. The van der Waals surface area contributed by atoms with Crippen molar-refractivity contribution in [3.05, 3.63) is 59.1 Å². The number of carbonyl (C=O) groups is 1. The van der Waals surface area contributed by atoms with Crippen molar-refractivity contribution in [2.75, 3.05) is 43.0 Å². The summed E-state index contributed by atoms with van der Waals surface area (Å²) < 4.78 is 5.52. The number of nitrogens with zero attached hydrogens (tertiary/aromatic N) is 3. The third kappa shape index (κ3) is 5.31. The minimum absolute atomic E-state index is 0.0712. The number of pyridine rings is 1. The van der Waals surface area contributed by atoms with Crippen LogP contribution in [0.3, 0.4) is 0 Å². The second-order valence-electron chi connectivity index (χ2n) is 8.44. The number of hydrogen-bond acceptors (Lipinski definition) is 5. The lowest BCUT2D eigenvalue weighted by Crippen LogP contribution is -2.49. The molecule has 0 aliphatic carbocycles. The molecule has 1 amide bonds. The van der Waals surface area contributed by atoms with Gasteiger partial charge in [-0.1, -0.05) is 11.6 Å². The lowest BCUT2D eigenvalue weighted by Gasteiger charge is -2.37. The predicted molar refractivity (Wildman–Crippen MR) is 131 cm³/mol. The summed E-state index contributed by atoms with van der Waals surface area (Å²) >= 11 is 5.87. The number of halogens is 1. The number of carbonyl (C=O) groups excluding carboxylic acids is 1. The Labute approximate surface area is 194 Å². The second-order valence-corrected chi connectivity index (χ2v) is 8.87. The van der Waals surface area contributed by atoms with E-state index in [0.29, 0.717) is 16.8 Å². The molecular formula is C25H29ClN4O2. The van der Waals surface area contributed by atoms with E-state index in [1.165, 1.54) is 0 Å². The SMILES string of the molecule is Cc1cc(N2CCN(C(C)C)CC2)nc2ccc(NC(=O)COc3ccc(Cl)cc3)cc12. The zero-order valence-corrected chi connectivity index (χ0v) is 19.5. The van der Waals surface area contributed by atoms with Crippen LogP contribution in [0, 0.1) is 6.92 Å². The maximum absolute atomic E-state index is 12.3. The lowest BCUT2D eigenvalue weighted by atomic mass is 10.1. The van der Waals surface area contributed by atoms with Crippen LogP contribution in [0.2, 0.25) is 5.02 Å². The average Bonchev–Trinajstić information content (AvgIpc) is 2.79. The highest BCUT2D eigenvalue weighted by molar-refractivity contribution is 6.30. The van der Waals surface area contributed by atoms with Gasteiger partial charge in [0.25, 0.3) is 5.91 Å². The van der Waals surface area contributed by atoms with E-state index in [1.807, 2.05) is 18.2 Å². The molecule has 168 valence electrons. The van der Waals surface area contributed by atoms with Gasteiger partial charge in [-0.25, -0.2) is 4.98 Å². The molecule has 0 spiro atoms. The van der Waals surface area contributed by atoms with Crippen molar-refractivity contribution in [1.82, 2.24) is 9.88 Å². The molecule has 6 nitrogen and oxygen atoms in total. The summed E-state index contributed by atoms with van der Waals surface area (Å²) in [5, 5.41) is 4.56. The maximum Gasteiger partial charge on any atom is 0.262 e. The molecule has 32 heavy (non-hydrogen) atoms. The molecule has 0 bridgehead atoms. The van der Waals surface area contributed by atoms with Crippen LogP contribution in [-0.2, 0) is 4.79 Å². The Kier molecular flexibility index (Phi) is 6.82. The maximum atomic E-state index is 12.3. The average molecular weight is 453 g/mol. The van der Waals surface area contributed by atoms with E-state index in [1.54, 1.807) is 24.3 Å². The fraction of sp³-hybridized carbons (Fsp3) is 0.360. The van der Waals surface area contributed by atoms with Gasteiger partial charge in [-0.15, -0.1) is 0 Å². The molecule has 1 fully saturated rings. The third-order valence-electron chi connectivity index (χ3n) is 5.84. The lowest BCUT2D eigenvalue weighted by molar-refractivity contribution is -0.118. The molecule has 1 saturated heterocycles. The number of aromatic nitrogens is 1. The number of fused-ring (bicyclic) bond motifs is 1. The molecule has 1 N–H and O–H groups in total. The molecule has 1 aliphatic rings. The van der Waals surface area contributed by atoms with Gasteiger partial charge in [-0.3, -0.25) is 9.69 Å². The fourth-order valence-electron chi connectivity index (χ4n) is 3.96. The molecule has 0 atom stereocenters. The number of benzene rings is 2. The first-order chi connectivity index (χ1) is 15.4. The summed E-state index contributed by atoms with van der Waals surface area (Å²) in [6.45, 7) is 10.6. The summed E-state index contributed by atoms with van der Waals surface area (Å²) in [4.78, 5) is 22.1. The standard InChI is InChI=1S/C25H29ClN4O2/c1-17(2)29-10-12-30(13-11-29)24-14-18(3)22-15-20(6-9-23(22)28-24)27-25(31)16-32-21-7-4-19(26)5-8-21/h4-9,14-15,17H,10-13,16H2,1-3H3,(H,27,31). The number of amides is 1. The van der Waals surface area contributed by atoms with Crippen molar-refractivity contribution in [1.29, 1.82) is 0 Å². The van der Waals surface area contributed by atoms with Crippen LogP contribution >= 0.6 is 11.6 Å². The van der Waals surface area contributed by atoms with E-state index in [-0.39, 0.29) is 12.5 Å². The normalized spacial score (nSPS) is 14.7. The molecule has 2 aromatic carbocycles. The molecule has 7 heteroatoms. The molecule has 0 saturated carbocycles. The Morgan fingerprint density at radius 2 is 1.81 bits per heavy atom. The first kappa shape index (κ1) is 22.4. The van der Waals surface area contributed by atoms with E-state index in [0.717, 1.165) is 54.2 Å². The van der Waals surface area contributed by atoms with E-state index in [9.17, 15) is 4.79 Å². The number of aryl methyl sites for hydroxylation is 1. The number of anilines is 2. The van der Waals surface area contributed by atoms with Gasteiger partial charge >= 0.3 is 0 Å².